The number of hydrogen-bond acceptors (Lipinski definition) is 4. The van der Waals surface area contributed by atoms with Gasteiger partial charge in [-0.05, 0) is 24.6 Å². The Bertz CT molecular complexity index is 815. The second-order valence-corrected chi connectivity index (χ2v) is 6.56. The molecule has 3 rings (SSSR count). The van der Waals surface area contributed by atoms with Gasteiger partial charge in [0, 0.05) is 17.5 Å². The number of hydrogen-bond donors (Lipinski definition) is 1. The Morgan fingerprint density at radius 3 is 2.79 bits per heavy atom. The molecule has 0 saturated carbocycles. The van der Waals surface area contributed by atoms with Gasteiger partial charge in [-0.3, -0.25) is 10.1 Å². The largest absolute Gasteiger partial charge is 0.484 e. The van der Waals surface area contributed by atoms with Crippen molar-refractivity contribution in [2.75, 3.05) is 11.9 Å². The lowest BCUT2D eigenvalue weighted by Crippen LogP contribution is -2.19. The van der Waals surface area contributed by atoms with Crippen molar-refractivity contribution in [2.24, 2.45) is 0 Å². The zero-order valence-corrected chi connectivity index (χ0v) is 14.2. The molecule has 5 heteroatoms. The van der Waals surface area contributed by atoms with Crippen molar-refractivity contribution in [1.82, 2.24) is 4.98 Å². The minimum atomic E-state index is -0.213. The molecule has 0 spiro atoms. The second-order valence-electron chi connectivity index (χ2n) is 5.45. The van der Waals surface area contributed by atoms with Crippen molar-refractivity contribution >= 4 is 22.4 Å². The Morgan fingerprint density at radius 2 is 2.00 bits per heavy atom. The summed E-state index contributed by atoms with van der Waals surface area (Å²) in [6.45, 7) is 2.05. The maximum Gasteiger partial charge on any atom is 0.264 e. The van der Waals surface area contributed by atoms with Crippen LogP contribution in [0.5, 0.6) is 5.75 Å². The molecule has 0 saturated heterocycles. The number of benzene rings is 2. The fraction of sp³-hybridized carbons (Fsp3) is 0.158. The monoisotopic (exact) mass is 338 g/mol. The van der Waals surface area contributed by atoms with Gasteiger partial charge < -0.3 is 4.74 Å². The highest BCUT2D eigenvalue weighted by atomic mass is 32.1. The van der Waals surface area contributed by atoms with Crippen LogP contribution in [-0.4, -0.2) is 17.5 Å². The molecule has 0 aliphatic rings. The van der Waals surface area contributed by atoms with E-state index in [9.17, 15) is 4.79 Å². The lowest BCUT2D eigenvalue weighted by atomic mass is 10.1. The molecule has 0 fully saturated rings. The van der Waals surface area contributed by atoms with Crippen LogP contribution in [-0.2, 0) is 11.2 Å². The zero-order chi connectivity index (χ0) is 16.8. The standard InChI is InChI=1S/C19H18N2O2S/c1-14-6-5-7-15(10-14)11-17-12-20-19(24-17)21-18(22)13-23-16-8-3-2-4-9-16/h2-10,12H,11,13H2,1H3,(H,20,21,22). The van der Waals surface area contributed by atoms with E-state index in [2.05, 4.69) is 41.5 Å². The number of nitrogens with one attached hydrogen (secondary N) is 1. The summed E-state index contributed by atoms with van der Waals surface area (Å²) in [4.78, 5) is 17.3. The highest BCUT2D eigenvalue weighted by molar-refractivity contribution is 7.15. The summed E-state index contributed by atoms with van der Waals surface area (Å²) in [5.74, 6) is 0.460. The highest BCUT2D eigenvalue weighted by Gasteiger charge is 2.08. The number of aromatic nitrogens is 1. The Hall–Kier alpha value is -2.66. The fourth-order valence-electron chi connectivity index (χ4n) is 2.29. The molecule has 0 unspecified atom stereocenters. The number of amides is 1. The Labute approximate surface area is 145 Å². The molecule has 24 heavy (non-hydrogen) atoms. The molecule has 1 heterocycles. The average molecular weight is 338 g/mol. The normalized spacial score (nSPS) is 10.4. The summed E-state index contributed by atoms with van der Waals surface area (Å²) < 4.78 is 5.42. The molecule has 0 radical (unpaired) electrons. The third-order valence-electron chi connectivity index (χ3n) is 3.37. The van der Waals surface area contributed by atoms with E-state index in [0.29, 0.717) is 10.9 Å². The van der Waals surface area contributed by atoms with Gasteiger partial charge in [0.15, 0.2) is 11.7 Å². The van der Waals surface area contributed by atoms with E-state index in [4.69, 9.17) is 4.74 Å². The topological polar surface area (TPSA) is 51.2 Å². The number of ether oxygens (including phenoxy) is 1. The van der Waals surface area contributed by atoms with E-state index < -0.39 is 0 Å². The van der Waals surface area contributed by atoms with Crippen LogP contribution >= 0.6 is 11.3 Å². The van der Waals surface area contributed by atoms with Crippen molar-refractivity contribution in [3.63, 3.8) is 0 Å². The first-order valence-corrected chi connectivity index (χ1v) is 8.48. The van der Waals surface area contributed by atoms with Gasteiger partial charge >= 0.3 is 0 Å². The summed E-state index contributed by atoms with van der Waals surface area (Å²) in [6, 6.07) is 17.6. The van der Waals surface area contributed by atoms with Crippen molar-refractivity contribution in [3.8, 4) is 5.75 Å². The molecule has 0 atom stereocenters. The van der Waals surface area contributed by atoms with Crippen LogP contribution in [0.4, 0.5) is 5.13 Å². The van der Waals surface area contributed by atoms with Gasteiger partial charge in [0.1, 0.15) is 5.75 Å². The fourth-order valence-corrected chi connectivity index (χ4v) is 3.15. The van der Waals surface area contributed by atoms with E-state index in [1.54, 1.807) is 6.20 Å². The Morgan fingerprint density at radius 1 is 1.17 bits per heavy atom. The molecular formula is C19H18N2O2S. The summed E-state index contributed by atoms with van der Waals surface area (Å²) in [5, 5.41) is 3.37. The average Bonchev–Trinajstić information content (AvgIpc) is 3.01. The SMILES string of the molecule is Cc1cccc(Cc2cnc(NC(=O)COc3ccccc3)s2)c1. The molecule has 1 amide bonds. The van der Waals surface area contributed by atoms with Gasteiger partial charge in [-0.25, -0.2) is 4.98 Å². The molecule has 0 aliphatic heterocycles. The Balaban J connectivity index is 1.53. The van der Waals surface area contributed by atoms with Gasteiger partial charge in [0.2, 0.25) is 0 Å². The van der Waals surface area contributed by atoms with Crippen LogP contribution in [0.2, 0.25) is 0 Å². The number of carbonyl (C=O) groups excluding carboxylic acids is 1. The molecule has 122 valence electrons. The summed E-state index contributed by atoms with van der Waals surface area (Å²) in [5.41, 5.74) is 2.48. The summed E-state index contributed by atoms with van der Waals surface area (Å²) in [6.07, 6.45) is 2.62. The molecule has 1 N–H and O–H groups in total. The molecule has 0 aliphatic carbocycles. The van der Waals surface area contributed by atoms with E-state index in [1.165, 1.54) is 22.5 Å². The summed E-state index contributed by atoms with van der Waals surface area (Å²) in [7, 11) is 0. The van der Waals surface area contributed by atoms with Crippen LogP contribution in [0, 0.1) is 6.92 Å². The lowest BCUT2D eigenvalue weighted by molar-refractivity contribution is -0.118. The number of nitrogens with zero attached hydrogens (tertiary/aromatic N) is 1. The van der Waals surface area contributed by atoms with Crippen molar-refractivity contribution in [1.29, 1.82) is 0 Å². The van der Waals surface area contributed by atoms with Gasteiger partial charge in [0.25, 0.3) is 5.91 Å². The predicted octanol–water partition coefficient (Wildman–Crippen LogP) is 4.06. The highest BCUT2D eigenvalue weighted by Crippen LogP contribution is 2.21. The first-order chi connectivity index (χ1) is 11.7. The predicted molar refractivity (Wildman–Crippen MR) is 96.7 cm³/mol. The maximum absolute atomic E-state index is 11.9. The first-order valence-electron chi connectivity index (χ1n) is 7.67. The smallest absolute Gasteiger partial charge is 0.264 e. The van der Waals surface area contributed by atoms with E-state index in [0.717, 1.165) is 11.3 Å². The van der Waals surface area contributed by atoms with Gasteiger partial charge in [-0.15, -0.1) is 11.3 Å². The molecule has 4 nitrogen and oxygen atoms in total. The van der Waals surface area contributed by atoms with Gasteiger partial charge in [-0.1, -0.05) is 48.0 Å². The third-order valence-corrected chi connectivity index (χ3v) is 4.29. The lowest BCUT2D eigenvalue weighted by Gasteiger charge is -2.05. The molecule has 3 aromatic rings. The summed E-state index contributed by atoms with van der Waals surface area (Å²) >= 11 is 1.48. The third kappa shape index (κ3) is 4.67. The van der Waals surface area contributed by atoms with Crippen molar-refractivity contribution < 1.29 is 9.53 Å². The number of thiazole rings is 1. The van der Waals surface area contributed by atoms with E-state index >= 15 is 0 Å². The second kappa shape index (κ2) is 7.75. The Kier molecular flexibility index (Phi) is 5.23. The van der Waals surface area contributed by atoms with Crippen LogP contribution in [0.1, 0.15) is 16.0 Å². The van der Waals surface area contributed by atoms with Gasteiger partial charge in [0.05, 0.1) is 0 Å². The molecule has 0 bridgehead atoms. The number of aryl methyl sites for hydroxylation is 1. The van der Waals surface area contributed by atoms with Crippen LogP contribution < -0.4 is 10.1 Å². The zero-order valence-electron chi connectivity index (χ0n) is 13.4. The molecular weight excluding hydrogens is 320 g/mol. The quantitative estimate of drug-likeness (QED) is 0.737. The van der Waals surface area contributed by atoms with Gasteiger partial charge in [-0.2, -0.15) is 0 Å². The minimum absolute atomic E-state index is 0.0309. The number of rotatable bonds is 6. The molecule has 1 aromatic heterocycles. The first kappa shape index (κ1) is 16.2. The van der Waals surface area contributed by atoms with Crippen LogP contribution in [0.25, 0.3) is 0 Å². The van der Waals surface area contributed by atoms with Crippen molar-refractivity contribution in [2.45, 2.75) is 13.3 Å². The number of carbonyl (C=O) groups is 1. The van der Waals surface area contributed by atoms with Crippen molar-refractivity contribution in [3.05, 3.63) is 76.8 Å². The van der Waals surface area contributed by atoms with Crippen LogP contribution in [0.3, 0.4) is 0 Å². The minimum Gasteiger partial charge on any atom is -0.484 e. The molecule has 2 aromatic carbocycles. The number of anilines is 1. The van der Waals surface area contributed by atoms with Crippen LogP contribution in [0.15, 0.2) is 60.8 Å². The maximum atomic E-state index is 11.9. The van der Waals surface area contributed by atoms with E-state index in [1.807, 2.05) is 30.3 Å². The van der Waals surface area contributed by atoms with E-state index in [-0.39, 0.29) is 12.5 Å². The number of para-hydroxylation sites is 1.